The zero-order valence-electron chi connectivity index (χ0n) is 10.6. The molecule has 0 saturated carbocycles. The topological polar surface area (TPSA) is 57.7 Å². The number of rotatable bonds is 2. The minimum Gasteiger partial charge on any atom is -0.340 e. The lowest BCUT2D eigenvalue weighted by Crippen LogP contribution is -2.12. The van der Waals surface area contributed by atoms with Gasteiger partial charge in [0, 0.05) is 12.7 Å². The first-order valence-electron chi connectivity index (χ1n) is 5.82. The molecule has 0 saturated heterocycles. The number of aromatic nitrogens is 4. The van der Waals surface area contributed by atoms with Gasteiger partial charge in [-0.25, -0.2) is 4.98 Å². The zero-order chi connectivity index (χ0) is 13.4. The number of anilines is 2. The van der Waals surface area contributed by atoms with Crippen molar-refractivity contribution in [2.75, 3.05) is 11.9 Å². The maximum Gasteiger partial charge on any atom is 0.226 e. The third-order valence-corrected chi connectivity index (χ3v) is 3.11. The molecule has 0 aliphatic rings. The fraction of sp³-hybridized carbons (Fsp3) is 0.154. The molecule has 0 fully saturated rings. The fourth-order valence-electron chi connectivity index (χ4n) is 1.99. The van der Waals surface area contributed by atoms with Gasteiger partial charge < -0.3 is 9.88 Å². The Morgan fingerprint density at radius 2 is 2.11 bits per heavy atom. The predicted octanol–water partition coefficient (Wildman–Crippen LogP) is 3.08. The van der Waals surface area contributed by atoms with Crippen molar-refractivity contribution in [3.63, 3.8) is 0 Å². The van der Waals surface area contributed by atoms with E-state index in [1.165, 1.54) is 5.56 Å². The van der Waals surface area contributed by atoms with Gasteiger partial charge in [-0.05, 0) is 36.2 Å². The quantitative estimate of drug-likeness (QED) is 0.729. The molecule has 0 bridgehead atoms. The molecule has 0 aliphatic heterocycles. The molecule has 5 nitrogen and oxygen atoms in total. The lowest BCUT2D eigenvalue weighted by molar-refractivity contribution is 1.10. The summed E-state index contributed by atoms with van der Waals surface area (Å²) in [6.07, 6.45) is 1.59. The molecule has 0 aliphatic carbocycles. The highest BCUT2D eigenvalue weighted by molar-refractivity contribution is 6.28. The van der Waals surface area contributed by atoms with Crippen LogP contribution in [-0.2, 0) is 0 Å². The highest BCUT2D eigenvalue weighted by Gasteiger charge is 2.14. The average molecular weight is 274 g/mol. The minimum atomic E-state index is 0.189. The van der Waals surface area contributed by atoms with Crippen LogP contribution in [0.1, 0.15) is 5.56 Å². The number of hydrogen-bond donors (Lipinski definition) is 1. The number of H-pyrrole nitrogens is 1. The number of hydrogen-bond acceptors (Lipinski definition) is 4. The van der Waals surface area contributed by atoms with Crippen LogP contribution in [0.2, 0.25) is 5.28 Å². The van der Waals surface area contributed by atoms with Crippen molar-refractivity contribution in [3.05, 3.63) is 41.4 Å². The molecule has 0 amide bonds. The molecular weight excluding hydrogens is 262 g/mol. The highest BCUT2D eigenvalue weighted by Crippen LogP contribution is 2.28. The first-order valence-corrected chi connectivity index (χ1v) is 6.20. The van der Waals surface area contributed by atoms with Crippen molar-refractivity contribution in [1.82, 2.24) is 19.9 Å². The van der Waals surface area contributed by atoms with E-state index < -0.39 is 0 Å². The molecular formula is C13H12ClN5. The van der Waals surface area contributed by atoms with Gasteiger partial charge in [0.2, 0.25) is 5.28 Å². The Bertz CT molecular complexity index is 737. The SMILES string of the molecule is Cc1cccc(N(C)c2nc(Cl)nc3nc[nH]c23)c1. The molecule has 96 valence electrons. The Hall–Kier alpha value is -2.14. The Balaban J connectivity index is 2.15. The van der Waals surface area contributed by atoms with E-state index in [1.54, 1.807) is 6.33 Å². The maximum atomic E-state index is 5.94. The lowest BCUT2D eigenvalue weighted by Gasteiger charge is -2.19. The second-order valence-corrected chi connectivity index (χ2v) is 4.65. The van der Waals surface area contributed by atoms with Gasteiger partial charge in [-0.2, -0.15) is 9.97 Å². The van der Waals surface area contributed by atoms with Crippen molar-refractivity contribution in [2.45, 2.75) is 6.92 Å². The van der Waals surface area contributed by atoms with Crippen LogP contribution < -0.4 is 4.90 Å². The number of fused-ring (bicyclic) bond motifs is 1. The summed E-state index contributed by atoms with van der Waals surface area (Å²) in [5.74, 6) is 0.707. The van der Waals surface area contributed by atoms with E-state index in [2.05, 4.69) is 39.0 Å². The Labute approximate surface area is 115 Å². The van der Waals surface area contributed by atoms with Crippen LogP contribution >= 0.6 is 11.6 Å². The molecule has 6 heteroatoms. The third-order valence-electron chi connectivity index (χ3n) is 2.95. The maximum absolute atomic E-state index is 5.94. The molecule has 0 atom stereocenters. The van der Waals surface area contributed by atoms with Crippen molar-refractivity contribution in [2.24, 2.45) is 0 Å². The largest absolute Gasteiger partial charge is 0.340 e. The van der Waals surface area contributed by atoms with Gasteiger partial charge in [-0.3, -0.25) is 0 Å². The normalized spacial score (nSPS) is 10.9. The molecule has 0 unspecified atom stereocenters. The van der Waals surface area contributed by atoms with Crippen LogP contribution in [0.4, 0.5) is 11.5 Å². The van der Waals surface area contributed by atoms with Crippen LogP contribution in [-0.4, -0.2) is 27.0 Å². The fourth-order valence-corrected chi connectivity index (χ4v) is 2.15. The number of nitrogens with zero attached hydrogens (tertiary/aromatic N) is 4. The highest BCUT2D eigenvalue weighted by atomic mass is 35.5. The van der Waals surface area contributed by atoms with E-state index in [0.717, 1.165) is 11.2 Å². The molecule has 19 heavy (non-hydrogen) atoms. The number of aromatic amines is 1. The Morgan fingerprint density at radius 1 is 1.26 bits per heavy atom. The van der Waals surface area contributed by atoms with Gasteiger partial charge in [0.15, 0.2) is 11.5 Å². The van der Waals surface area contributed by atoms with Gasteiger partial charge in [-0.15, -0.1) is 0 Å². The second-order valence-electron chi connectivity index (χ2n) is 4.32. The Morgan fingerprint density at radius 3 is 2.89 bits per heavy atom. The summed E-state index contributed by atoms with van der Waals surface area (Å²) in [6, 6.07) is 8.16. The van der Waals surface area contributed by atoms with Crippen molar-refractivity contribution < 1.29 is 0 Å². The Kier molecular flexibility index (Phi) is 2.83. The number of benzene rings is 1. The summed E-state index contributed by atoms with van der Waals surface area (Å²) in [7, 11) is 1.94. The average Bonchev–Trinajstić information content (AvgIpc) is 2.85. The lowest BCUT2D eigenvalue weighted by atomic mass is 10.2. The molecule has 1 N–H and O–H groups in total. The summed E-state index contributed by atoms with van der Waals surface area (Å²) >= 11 is 5.94. The first-order chi connectivity index (χ1) is 9.15. The number of halogens is 1. The summed E-state index contributed by atoms with van der Waals surface area (Å²) in [5, 5.41) is 0.189. The van der Waals surface area contributed by atoms with Crippen molar-refractivity contribution in [3.8, 4) is 0 Å². The van der Waals surface area contributed by atoms with E-state index >= 15 is 0 Å². The molecule has 2 heterocycles. The summed E-state index contributed by atoms with van der Waals surface area (Å²) in [4.78, 5) is 17.5. The molecule has 1 aromatic carbocycles. The second kappa shape index (κ2) is 4.51. The van der Waals surface area contributed by atoms with Crippen molar-refractivity contribution in [1.29, 1.82) is 0 Å². The van der Waals surface area contributed by atoms with Crippen LogP contribution in [0.15, 0.2) is 30.6 Å². The van der Waals surface area contributed by atoms with E-state index in [4.69, 9.17) is 11.6 Å². The molecule has 2 aromatic heterocycles. The minimum absolute atomic E-state index is 0.189. The molecule has 3 rings (SSSR count). The first kappa shape index (κ1) is 11.9. The summed E-state index contributed by atoms with van der Waals surface area (Å²) in [5.41, 5.74) is 3.55. The van der Waals surface area contributed by atoms with Gasteiger partial charge in [0.05, 0.1) is 6.33 Å². The van der Waals surface area contributed by atoms with E-state index in [0.29, 0.717) is 11.5 Å². The number of imidazole rings is 1. The van der Waals surface area contributed by atoms with E-state index in [1.807, 2.05) is 24.1 Å². The van der Waals surface area contributed by atoms with E-state index in [9.17, 15) is 0 Å². The van der Waals surface area contributed by atoms with E-state index in [-0.39, 0.29) is 5.28 Å². The van der Waals surface area contributed by atoms with Gasteiger partial charge >= 0.3 is 0 Å². The molecule has 3 aromatic rings. The summed E-state index contributed by atoms with van der Waals surface area (Å²) < 4.78 is 0. The van der Waals surface area contributed by atoms with Gasteiger partial charge in [-0.1, -0.05) is 12.1 Å². The number of aryl methyl sites for hydroxylation is 1. The molecule has 0 spiro atoms. The van der Waals surface area contributed by atoms with Gasteiger partial charge in [0.1, 0.15) is 5.52 Å². The van der Waals surface area contributed by atoms with Crippen LogP contribution in [0, 0.1) is 6.92 Å². The third kappa shape index (κ3) is 2.13. The number of nitrogens with one attached hydrogen (secondary N) is 1. The zero-order valence-corrected chi connectivity index (χ0v) is 11.3. The smallest absolute Gasteiger partial charge is 0.226 e. The van der Waals surface area contributed by atoms with Crippen LogP contribution in [0.3, 0.4) is 0 Å². The summed E-state index contributed by atoms with van der Waals surface area (Å²) in [6.45, 7) is 2.05. The van der Waals surface area contributed by atoms with Gasteiger partial charge in [0.25, 0.3) is 0 Å². The van der Waals surface area contributed by atoms with Crippen LogP contribution in [0.5, 0.6) is 0 Å². The van der Waals surface area contributed by atoms with Crippen molar-refractivity contribution >= 4 is 34.3 Å². The monoisotopic (exact) mass is 273 g/mol. The predicted molar refractivity (Wildman–Crippen MR) is 75.9 cm³/mol. The molecule has 0 radical (unpaired) electrons. The van der Waals surface area contributed by atoms with Crippen LogP contribution in [0.25, 0.3) is 11.2 Å². The standard InChI is InChI=1S/C13H12ClN5/c1-8-4-3-5-9(6-8)19(2)12-10-11(16-7-15-10)17-13(14)18-12/h3-7H,1-2H3,(H,15,16,17,18).